The summed E-state index contributed by atoms with van der Waals surface area (Å²) in [6, 6.07) is 0. The summed E-state index contributed by atoms with van der Waals surface area (Å²) in [5.74, 6) is 0. The van der Waals surface area contributed by atoms with Crippen LogP contribution in [0.4, 0.5) is 0 Å². The summed E-state index contributed by atoms with van der Waals surface area (Å²) in [6.45, 7) is 8.57. The predicted molar refractivity (Wildman–Crippen MR) is 51.5 cm³/mol. The predicted octanol–water partition coefficient (Wildman–Crippen LogP) is -7.64. The third-order valence-electron chi connectivity index (χ3n) is 1.91. The minimum absolute atomic E-state index is 0. The second-order valence-electron chi connectivity index (χ2n) is 3.00. The van der Waals surface area contributed by atoms with Crippen LogP contribution in [0.25, 0.3) is 0 Å². The molecule has 15 heavy (non-hydrogen) atoms. The maximum absolute atomic E-state index is 3.36. The van der Waals surface area contributed by atoms with E-state index in [0.717, 1.165) is 52.4 Å². The molecule has 0 bridgehead atoms. The van der Waals surface area contributed by atoms with E-state index in [1.165, 1.54) is 0 Å². The molecule has 0 atom stereocenters. The van der Waals surface area contributed by atoms with Crippen molar-refractivity contribution in [3.8, 4) is 0 Å². The van der Waals surface area contributed by atoms with Gasteiger partial charge in [0.2, 0.25) is 0 Å². The first-order valence-corrected chi connectivity index (χ1v) is 4.83. The van der Waals surface area contributed by atoms with E-state index in [1.54, 1.807) is 0 Å². The summed E-state index contributed by atoms with van der Waals surface area (Å²) in [6.07, 6.45) is 0. The zero-order valence-corrected chi connectivity index (χ0v) is 11.2. The number of halogens is 2. The van der Waals surface area contributed by atoms with Gasteiger partial charge in [-0.1, -0.05) is 0 Å². The van der Waals surface area contributed by atoms with Gasteiger partial charge in [-0.3, -0.25) is 0 Å². The second kappa shape index (κ2) is 17.3. The van der Waals surface area contributed by atoms with Crippen molar-refractivity contribution in [2.45, 2.75) is 0 Å². The SMILES string of the molecule is C1CNCCNCCNCCN1.[Cl-].[Cl-].[Cu+2]. The van der Waals surface area contributed by atoms with Gasteiger partial charge in [0.05, 0.1) is 0 Å². The summed E-state index contributed by atoms with van der Waals surface area (Å²) in [5, 5.41) is 13.4. The Bertz CT molecular complexity index is 67.6. The van der Waals surface area contributed by atoms with Crippen molar-refractivity contribution in [3.63, 3.8) is 0 Å². The van der Waals surface area contributed by atoms with Crippen LogP contribution in [-0.4, -0.2) is 52.4 Å². The largest absolute Gasteiger partial charge is 2.00 e. The molecule has 97 valence electrons. The van der Waals surface area contributed by atoms with Crippen LogP contribution in [0.1, 0.15) is 0 Å². The summed E-state index contributed by atoms with van der Waals surface area (Å²) in [4.78, 5) is 0. The van der Waals surface area contributed by atoms with Crippen LogP contribution in [0.2, 0.25) is 0 Å². The van der Waals surface area contributed by atoms with Crippen molar-refractivity contribution in [3.05, 3.63) is 0 Å². The Kier molecular flexibility index (Phi) is 24.6. The van der Waals surface area contributed by atoms with Crippen molar-refractivity contribution in [2.24, 2.45) is 0 Å². The van der Waals surface area contributed by atoms with E-state index in [-0.39, 0.29) is 41.9 Å². The fourth-order valence-corrected chi connectivity index (χ4v) is 1.21. The van der Waals surface area contributed by atoms with Gasteiger partial charge in [0.1, 0.15) is 0 Å². The van der Waals surface area contributed by atoms with E-state index < -0.39 is 0 Å². The molecular formula is C8H20Cl2CuN4. The second-order valence-corrected chi connectivity index (χ2v) is 3.00. The van der Waals surface area contributed by atoms with Crippen molar-refractivity contribution in [1.29, 1.82) is 0 Å². The topological polar surface area (TPSA) is 48.1 Å². The Morgan fingerprint density at radius 1 is 0.400 bits per heavy atom. The van der Waals surface area contributed by atoms with Crippen LogP contribution in [-0.2, 0) is 17.1 Å². The van der Waals surface area contributed by atoms with Gasteiger partial charge in [-0.25, -0.2) is 0 Å². The number of rotatable bonds is 0. The van der Waals surface area contributed by atoms with E-state index in [4.69, 9.17) is 0 Å². The van der Waals surface area contributed by atoms with E-state index in [0.29, 0.717) is 0 Å². The first-order valence-electron chi connectivity index (χ1n) is 4.83. The summed E-state index contributed by atoms with van der Waals surface area (Å²) >= 11 is 0. The van der Waals surface area contributed by atoms with E-state index in [9.17, 15) is 0 Å². The maximum atomic E-state index is 3.36. The first kappa shape index (κ1) is 21.2. The van der Waals surface area contributed by atoms with Crippen LogP contribution in [0.15, 0.2) is 0 Å². The summed E-state index contributed by atoms with van der Waals surface area (Å²) in [7, 11) is 0. The Morgan fingerprint density at radius 3 is 0.667 bits per heavy atom. The Labute approximate surface area is 115 Å². The monoisotopic (exact) mass is 305 g/mol. The van der Waals surface area contributed by atoms with Crippen molar-refractivity contribution >= 4 is 0 Å². The quantitative estimate of drug-likeness (QED) is 0.336. The van der Waals surface area contributed by atoms with Crippen molar-refractivity contribution < 1.29 is 41.9 Å². The third-order valence-corrected chi connectivity index (χ3v) is 1.91. The van der Waals surface area contributed by atoms with E-state index >= 15 is 0 Å². The average Bonchev–Trinajstić information content (AvgIpc) is 2.05. The van der Waals surface area contributed by atoms with Gasteiger partial charge < -0.3 is 46.1 Å². The number of nitrogens with one attached hydrogen (secondary N) is 4. The van der Waals surface area contributed by atoms with Gasteiger partial charge in [0.25, 0.3) is 0 Å². The molecule has 1 heterocycles. The average molecular weight is 307 g/mol. The molecule has 0 aliphatic carbocycles. The van der Waals surface area contributed by atoms with Gasteiger partial charge in [-0.15, -0.1) is 0 Å². The van der Waals surface area contributed by atoms with Gasteiger partial charge in [0, 0.05) is 52.4 Å². The van der Waals surface area contributed by atoms with Crippen LogP contribution in [0, 0.1) is 0 Å². The van der Waals surface area contributed by atoms with Crippen LogP contribution < -0.4 is 46.1 Å². The van der Waals surface area contributed by atoms with Crippen LogP contribution >= 0.6 is 0 Å². The first-order chi connectivity index (χ1) is 6.00. The molecule has 1 radical (unpaired) electrons. The Balaban J connectivity index is -0.000000480. The molecule has 1 fully saturated rings. The molecule has 0 aromatic heterocycles. The zero-order chi connectivity index (χ0) is 8.49. The molecule has 0 saturated carbocycles. The third kappa shape index (κ3) is 14.9. The zero-order valence-electron chi connectivity index (χ0n) is 8.71. The molecule has 0 spiro atoms. The molecule has 0 aromatic carbocycles. The minimum Gasteiger partial charge on any atom is -1.00 e. The number of hydrogen-bond acceptors (Lipinski definition) is 4. The normalized spacial score (nSPS) is 19.2. The molecule has 0 amide bonds. The van der Waals surface area contributed by atoms with E-state index in [1.807, 2.05) is 0 Å². The summed E-state index contributed by atoms with van der Waals surface area (Å²) in [5.41, 5.74) is 0. The molecule has 1 rings (SSSR count). The molecule has 4 N–H and O–H groups in total. The van der Waals surface area contributed by atoms with Crippen LogP contribution in [0.3, 0.4) is 0 Å². The van der Waals surface area contributed by atoms with Gasteiger partial charge in [-0.05, 0) is 0 Å². The molecule has 1 aliphatic rings. The van der Waals surface area contributed by atoms with Crippen molar-refractivity contribution in [1.82, 2.24) is 21.3 Å². The van der Waals surface area contributed by atoms with Gasteiger partial charge in [0.15, 0.2) is 0 Å². The fourth-order valence-electron chi connectivity index (χ4n) is 1.21. The fraction of sp³-hybridized carbons (Fsp3) is 1.00. The van der Waals surface area contributed by atoms with Crippen LogP contribution in [0.5, 0.6) is 0 Å². The Hall–Kier alpha value is 0.939. The minimum atomic E-state index is 0. The maximum Gasteiger partial charge on any atom is 2.00 e. The molecule has 4 nitrogen and oxygen atoms in total. The molecular weight excluding hydrogens is 287 g/mol. The molecule has 1 aliphatic heterocycles. The molecule has 7 heteroatoms. The molecule has 0 aromatic rings. The van der Waals surface area contributed by atoms with Gasteiger partial charge >= 0.3 is 17.1 Å². The van der Waals surface area contributed by atoms with E-state index in [2.05, 4.69) is 21.3 Å². The summed E-state index contributed by atoms with van der Waals surface area (Å²) < 4.78 is 0. The molecule has 0 unspecified atom stereocenters. The smallest absolute Gasteiger partial charge is 1.00 e. The Morgan fingerprint density at radius 2 is 0.533 bits per heavy atom. The number of hydrogen-bond donors (Lipinski definition) is 4. The molecule has 1 saturated heterocycles. The van der Waals surface area contributed by atoms with Crippen molar-refractivity contribution in [2.75, 3.05) is 52.4 Å². The van der Waals surface area contributed by atoms with Gasteiger partial charge in [-0.2, -0.15) is 0 Å². The standard InChI is InChI=1S/C8H20N4.2ClH.Cu/c1-2-10-5-6-12-8-7-11-4-3-9-1;;;/h9-12H,1-8H2;2*1H;/q;;;+2/p-2.